The minimum atomic E-state index is -0.223. The van der Waals surface area contributed by atoms with E-state index in [1.165, 1.54) is 12.1 Å². The number of fused-ring (bicyclic) bond motifs is 1. The number of nitrogens with zero attached hydrogens (tertiary/aromatic N) is 1. The van der Waals surface area contributed by atoms with Crippen molar-refractivity contribution in [2.75, 3.05) is 5.73 Å². The Kier molecular flexibility index (Phi) is 3.11. The molecule has 0 saturated carbocycles. The summed E-state index contributed by atoms with van der Waals surface area (Å²) in [5, 5.41) is 2.08. The maximum absolute atomic E-state index is 12.9. The number of rotatable bonds is 2. The van der Waals surface area contributed by atoms with Crippen LogP contribution in [0, 0.1) is 12.7 Å². The first-order valence-corrected chi connectivity index (χ1v) is 6.52. The van der Waals surface area contributed by atoms with Crippen molar-refractivity contribution in [1.29, 1.82) is 0 Å². The molecule has 2 aromatic carbocycles. The van der Waals surface area contributed by atoms with Crippen LogP contribution in [0.5, 0.6) is 0 Å². The topological polar surface area (TPSA) is 38.9 Å². The summed E-state index contributed by atoms with van der Waals surface area (Å²) in [6.45, 7) is 1.99. The largest absolute Gasteiger partial charge is 0.398 e. The van der Waals surface area contributed by atoms with Crippen LogP contribution in [-0.4, -0.2) is 4.98 Å². The number of aryl methyl sites for hydroxylation is 1. The normalized spacial score (nSPS) is 10.9. The Hall–Kier alpha value is -2.42. The molecule has 3 rings (SSSR count). The van der Waals surface area contributed by atoms with Crippen molar-refractivity contribution in [1.82, 2.24) is 4.98 Å². The zero-order chi connectivity index (χ0) is 14.1. The van der Waals surface area contributed by atoms with Crippen molar-refractivity contribution >= 4 is 16.5 Å². The van der Waals surface area contributed by atoms with Gasteiger partial charge in [0.05, 0.1) is 5.69 Å². The number of anilines is 1. The van der Waals surface area contributed by atoms with Crippen molar-refractivity contribution in [3.05, 3.63) is 71.3 Å². The van der Waals surface area contributed by atoms with Crippen LogP contribution in [0.4, 0.5) is 10.1 Å². The van der Waals surface area contributed by atoms with Crippen LogP contribution in [-0.2, 0) is 6.42 Å². The molecule has 3 heteroatoms. The van der Waals surface area contributed by atoms with Gasteiger partial charge in [-0.05, 0) is 36.2 Å². The summed E-state index contributed by atoms with van der Waals surface area (Å²) >= 11 is 0. The second-order valence-electron chi connectivity index (χ2n) is 4.95. The van der Waals surface area contributed by atoms with Crippen molar-refractivity contribution in [3.63, 3.8) is 0 Å². The smallest absolute Gasteiger partial charge is 0.123 e. The second kappa shape index (κ2) is 4.93. The number of benzene rings is 2. The Balaban J connectivity index is 2.08. The lowest BCUT2D eigenvalue weighted by atomic mass is 10.0. The first-order valence-electron chi connectivity index (χ1n) is 6.52. The van der Waals surface area contributed by atoms with Gasteiger partial charge in [-0.2, -0.15) is 0 Å². The van der Waals surface area contributed by atoms with Crippen LogP contribution < -0.4 is 5.73 Å². The van der Waals surface area contributed by atoms with Gasteiger partial charge in [-0.15, -0.1) is 0 Å². The fraction of sp³-hybridized carbons (Fsp3) is 0.118. The van der Waals surface area contributed by atoms with Crippen LogP contribution in [0.3, 0.4) is 0 Å². The van der Waals surface area contributed by atoms with Crippen LogP contribution >= 0.6 is 0 Å². The maximum Gasteiger partial charge on any atom is 0.123 e. The van der Waals surface area contributed by atoms with Crippen LogP contribution in [0.2, 0.25) is 0 Å². The minimum absolute atomic E-state index is 0.223. The molecule has 0 unspecified atom stereocenters. The summed E-state index contributed by atoms with van der Waals surface area (Å²) in [7, 11) is 0. The standard InChI is InChI=1S/C17H15FN2/c1-11-2-7-14-15(17(11)19)8-9-20-16(14)10-12-3-5-13(18)6-4-12/h2-9H,10,19H2,1H3. The van der Waals surface area contributed by atoms with Gasteiger partial charge in [-0.25, -0.2) is 4.39 Å². The predicted octanol–water partition coefficient (Wildman–Crippen LogP) is 3.86. The van der Waals surface area contributed by atoms with E-state index in [4.69, 9.17) is 5.73 Å². The lowest BCUT2D eigenvalue weighted by molar-refractivity contribution is 0.627. The highest BCUT2D eigenvalue weighted by Crippen LogP contribution is 2.27. The van der Waals surface area contributed by atoms with Crippen LogP contribution in [0.1, 0.15) is 16.8 Å². The quantitative estimate of drug-likeness (QED) is 0.715. The third kappa shape index (κ3) is 2.23. The fourth-order valence-corrected chi connectivity index (χ4v) is 2.38. The van der Waals surface area contributed by atoms with Gasteiger partial charge in [-0.1, -0.05) is 24.3 Å². The Bertz CT molecular complexity index is 764. The minimum Gasteiger partial charge on any atom is -0.398 e. The molecular formula is C17H15FN2. The molecule has 0 aliphatic heterocycles. The van der Waals surface area contributed by atoms with E-state index in [1.807, 2.05) is 25.1 Å². The second-order valence-corrected chi connectivity index (χ2v) is 4.95. The van der Waals surface area contributed by atoms with E-state index in [2.05, 4.69) is 4.98 Å². The molecule has 2 N–H and O–H groups in total. The molecule has 0 bridgehead atoms. The molecule has 0 spiro atoms. The lowest BCUT2D eigenvalue weighted by Crippen LogP contribution is -1.97. The van der Waals surface area contributed by atoms with E-state index in [9.17, 15) is 4.39 Å². The number of nitrogens with two attached hydrogens (primary N) is 1. The highest BCUT2D eigenvalue weighted by atomic mass is 19.1. The van der Waals surface area contributed by atoms with Gasteiger partial charge >= 0.3 is 0 Å². The zero-order valence-electron chi connectivity index (χ0n) is 11.2. The van der Waals surface area contributed by atoms with Gasteiger partial charge < -0.3 is 5.73 Å². The van der Waals surface area contributed by atoms with Crippen LogP contribution in [0.25, 0.3) is 10.8 Å². The molecule has 20 heavy (non-hydrogen) atoms. The van der Waals surface area contributed by atoms with E-state index in [-0.39, 0.29) is 5.82 Å². The van der Waals surface area contributed by atoms with Crippen molar-refractivity contribution < 1.29 is 4.39 Å². The Morgan fingerprint density at radius 1 is 1.00 bits per heavy atom. The van der Waals surface area contributed by atoms with Gasteiger partial charge in [0, 0.05) is 29.1 Å². The zero-order valence-corrected chi connectivity index (χ0v) is 11.2. The Morgan fingerprint density at radius 3 is 2.50 bits per heavy atom. The Labute approximate surface area is 117 Å². The number of hydrogen-bond acceptors (Lipinski definition) is 2. The monoisotopic (exact) mass is 266 g/mol. The third-order valence-corrected chi connectivity index (χ3v) is 3.57. The first-order chi connectivity index (χ1) is 9.65. The molecule has 0 aliphatic carbocycles. The molecule has 3 aromatic rings. The molecule has 0 aliphatic rings. The molecule has 0 amide bonds. The first kappa shape index (κ1) is 12.6. The summed E-state index contributed by atoms with van der Waals surface area (Å²) in [4.78, 5) is 4.45. The molecule has 0 saturated heterocycles. The molecule has 100 valence electrons. The fourth-order valence-electron chi connectivity index (χ4n) is 2.38. The number of aromatic nitrogens is 1. The number of hydrogen-bond donors (Lipinski definition) is 1. The van der Waals surface area contributed by atoms with Gasteiger partial charge in [0.1, 0.15) is 5.82 Å². The molecule has 1 heterocycles. The SMILES string of the molecule is Cc1ccc2c(Cc3ccc(F)cc3)nccc2c1N. The number of nitrogen functional groups attached to an aromatic ring is 1. The highest BCUT2D eigenvalue weighted by Gasteiger charge is 2.07. The number of halogens is 1. The summed E-state index contributed by atoms with van der Waals surface area (Å²) in [5.74, 6) is -0.223. The summed E-state index contributed by atoms with van der Waals surface area (Å²) < 4.78 is 12.9. The summed E-state index contributed by atoms with van der Waals surface area (Å²) in [5.41, 5.74) is 9.98. The van der Waals surface area contributed by atoms with Crippen LogP contribution in [0.15, 0.2) is 48.7 Å². The average Bonchev–Trinajstić information content (AvgIpc) is 2.46. The third-order valence-electron chi connectivity index (χ3n) is 3.57. The molecule has 2 nitrogen and oxygen atoms in total. The molecule has 0 atom stereocenters. The van der Waals surface area contributed by atoms with Gasteiger partial charge in [0.25, 0.3) is 0 Å². The van der Waals surface area contributed by atoms with E-state index < -0.39 is 0 Å². The average molecular weight is 266 g/mol. The molecule has 1 aromatic heterocycles. The van der Waals surface area contributed by atoms with Gasteiger partial charge in [0.2, 0.25) is 0 Å². The van der Waals surface area contributed by atoms with Gasteiger partial charge in [0.15, 0.2) is 0 Å². The van der Waals surface area contributed by atoms with E-state index in [0.29, 0.717) is 6.42 Å². The molecule has 0 radical (unpaired) electrons. The van der Waals surface area contributed by atoms with Crippen molar-refractivity contribution in [2.45, 2.75) is 13.3 Å². The highest BCUT2D eigenvalue weighted by molar-refractivity contribution is 5.95. The van der Waals surface area contributed by atoms with E-state index >= 15 is 0 Å². The Morgan fingerprint density at radius 2 is 1.75 bits per heavy atom. The predicted molar refractivity (Wildman–Crippen MR) is 80.1 cm³/mol. The van der Waals surface area contributed by atoms with Crippen molar-refractivity contribution in [2.24, 2.45) is 0 Å². The lowest BCUT2D eigenvalue weighted by Gasteiger charge is -2.09. The van der Waals surface area contributed by atoms with E-state index in [1.54, 1.807) is 18.3 Å². The maximum atomic E-state index is 12.9. The summed E-state index contributed by atoms with van der Waals surface area (Å²) in [6.07, 6.45) is 2.44. The van der Waals surface area contributed by atoms with E-state index in [0.717, 1.165) is 33.3 Å². The summed E-state index contributed by atoms with van der Waals surface area (Å²) in [6, 6.07) is 12.5. The van der Waals surface area contributed by atoms with Crippen molar-refractivity contribution in [3.8, 4) is 0 Å². The number of pyridine rings is 1. The molecule has 0 fully saturated rings. The molecular weight excluding hydrogens is 251 g/mol. The van der Waals surface area contributed by atoms with Gasteiger partial charge in [-0.3, -0.25) is 4.98 Å².